The van der Waals surface area contributed by atoms with Crippen molar-refractivity contribution in [3.05, 3.63) is 70.3 Å². The van der Waals surface area contributed by atoms with Crippen LogP contribution in [0.3, 0.4) is 0 Å². The second-order valence-electron chi connectivity index (χ2n) is 8.73. The number of hydrogen-bond donors (Lipinski definition) is 1. The minimum absolute atomic E-state index is 0.148. The summed E-state index contributed by atoms with van der Waals surface area (Å²) in [5.74, 6) is 0.889. The normalized spacial score (nSPS) is 21.1. The van der Waals surface area contributed by atoms with Gasteiger partial charge in [0.25, 0.3) is 0 Å². The Morgan fingerprint density at radius 3 is 2.67 bits per heavy atom. The molecule has 0 amide bonds. The highest BCUT2D eigenvalue weighted by atomic mass is 16.5. The first kappa shape index (κ1) is 19.5. The van der Waals surface area contributed by atoms with Crippen molar-refractivity contribution < 1.29 is 14.6 Å². The minimum Gasteiger partial charge on any atom is -0.487 e. The van der Waals surface area contributed by atoms with Gasteiger partial charge in [-0.2, -0.15) is 0 Å². The van der Waals surface area contributed by atoms with E-state index in [9.17, 15) is 9.90 Å². The molecule has 1 heterocycles. The summed E-state index contributed by atoms with van der Waals surface area (Å²) < 4.78 is 6.06. The largest absolute Gasteiger partial charge is 0.487 e. The molecule has 3 aliphatic rings. The molecule has 4 nitrogen and oxygen atoms in total. The Hall–Kier alpha value is -2.43. The van der Waals surface area contributed by atoms with Crippen molar-refractivity contribution in [3.8, 4) is 0 Å². The molecule has 0 unspecified atom stereocenters. The van der Waals surface area contributed by atoms with Gasteiger partial charge in [-0.1, -0.05) is 61.7 Å². The number of fused-ring (bicyclic) bond motifs is 2. The zero-order valence-electron chi connectivity index (χ0n) is 17.4. The number of allylic oxidation sites excluding steroid dienone is 1. The molecule has 1 saturated carbocycles. The van der Waals surface area contributed by atoms with Crippen molar-refractivity contribution in [3.63, 3.8) is 0 Å². The number of nitrogens with zero attached hydrogens (tertiary/aromatic N) is 1. The lowest BCUT2D eigenvalue weighted by Gasteiger charge is -2.34. The number of carbonyl (C=O) groups excluding carboxylic acids is 1. The molecule has 0 aromatic heterocycles. The molecule has 0 radical (unpaired) electrons. The Bertz CT molecular complexity index is 988. The number of aliphatic hydroxyl groups excluding tert-OH is 1. The molecule has 1 N–H and O–H groups in total. The summed E-state index contributed by atoms with van der Waals surface area (Å²) in [6, 6.07) is 15.1. The molecule has 0 atom stereocenters. The number of benzene rings is 2. The Kier molecular flexibility index (Phi) is 5.45. The molecule has 156 valence electrons. The van der Waals surface area contributed by atoms with E-state index in [0.29, 0.717) is 19.1 Å². The number of hydrogen-bond acceptors (Lipinski definition) is 4. The average molecular weight is 404 g/mol. The van der Waals surface area contributed by atoms with Crippen LogP contribution in [0.2, 0.25) is 0 Å². The lowest BCUT2D eigenvalue weighted by Crippen LogP contribution is -2.38. The van der Waals surface area contributed by atoms with Crippen molar-refractivity contribution in [1.29, 1.82) is 0 Å². The van der Waals surface area contributed by atoms with Crippen molar-refractivity contribution in [2.24, 2.45) is 0 Å². The van der Waals surface area contributed by atoms with Gasteiger partial charge >= 0.3 is 0 Å². The summed E-state index contributed by atoms with van der Waals surface area (Å²) in [4.78, 5) is 15.2. The fraction of sp³-hybridized carbons (Fsp3) is 0.423. The van der Waals surface area contributed by atoms with E-state index in [2.05, 4.69) is 23.1 Å². The summed E-state index contributed by atoms with van der Waals surface area (Å²) in [5, 5.41) is 9.56. The summed E-state index contributed by atoms with van der Waals surface area (Å²) in [5.41, 5.74) is 6.29. The predicted octanol–water partition coefficient (Wildman–Crippen LogP) is 4.34. The highest BCUT2D eigenvalue weighted by Crippen LogP contribution is 2.41. The van der Waals surface area contributed by atoms with Gasteiger partial charge in [-0.3, -0.25) is 9.69 Å². The first-order valence-corrected chi connectivity index (χ1v) is 11.2. The van der Waals surface area contributed by atoms with E-state index < -0.39 is 0 Å². The van der Waals surface area contributed by atoms with Crippen molar-refractivity contribution in [2.45, 2.75) is 57.7 Å². The molecule has 2 aromatic rings. The van der Waals surface area contributed by atoms with Gasteiger partial charge in [0.1, 0.15) is 12.4 Å². The minimum atomic E-state index is 0.148. The van der Waals surface area contributed by atoms with Crippen LogP contribution >= 0.6 is 0 Å². The van der Waals surface area contributed by atoms with Crippen molar-refractivity contribution in [2.75, 3.05) is 13.2 Å². The first-order valence-electron chi connectivity index (χ1n) is 11.2. The summed E-state index contributed by atoms with van der Waals surface area (Å²) in [6.45, 7) is 2.29. The highest BCUT2D eigenvalue weighted by molar-refractivity contribution is 6.31. The van der Waals surface area contributed by atoms with Gasteiger partial charge in [0.05, 0.1) is 12.2 Å². The van der Waals surface area contributed by atoms with Gasteiger partial charge < -0.3 is 9.84 Å². The summed E-state index contributed by atoms with van der Waals surface area (Å²) in [7, 11) is 0. The van der Waals surface area contributed by atoms with Crippen LogP contribution in [0.15, 0.2) is 42.5 Å². The van der Waals surface area contributed by atoms with Crippen LogP contribution < -0.4 is 0 Å². The number of carbonyl (C=O) groups is 1. The van der Waals surface area contributed by atoms with Gasteiger partial charge in [-0.25, -0.2) is 0 Å². The van der Waals surface area contributed by atoms with Crippen LogP contribution in [0.5, 0.6) is 0 Å². The van der Waals surface area contributed by atoms with Gasteiger partial charge in [-0.15, -0.1) is 0 Å². The number of aliphatic hydroxyl groups is 1. The molecular weight excluding hydrogens is 374 g/mol. The fourth-order valence-electron chi connectivity index (χ4n) is 5.30. The number of Topliss-reactive ketones (excluding diaryl/α,β-unsaturated/α-hetero) is 1. The smallest absolute Gasteiger partial charge is 0.171 e. The molecule has 2 aliphatic carbocycles. The van der Waals surface area contributed by atoms with E-state index >= 15 is 0 Å². The highest BCUT2D eigenvalue weighted by Gasteiger charge is 2.32. The standard InChI is InChI=1S/C26H29NO3/c28-13-12-27(21-7-2-1-3-8-21)16-18-10-11-23-20(14-18)17-30-26(23)25-22-9-5-4-6-19(22)15-24(25)29/h4-6,9-11,14,21,28H,1-3,7-8,12-13,15-17H2/b26-25+. The molecule has 30 heavy (non-hydrogen) atoms. The maximum Gasteiger partial charge on any atom is 0.171 e. The third kappa shape index (κ3) is 3.59. The third-order valence-electron chi connectivity index (χ3n) is 6.79. The monoisotopic (exact) mass is 403 g/mol. The summed E-state index contributed by atoms with van der Waals surface area (Å²) >= 11 is 0. The van der Waals surface area contributed by atoms with E-state index in [1.54, 1.807) is 0 Å². The van der Waals surface area contributed by atoms with Crippen LogP contribution in [0, 0.1) is 0 Å². The molecule has 0 spiro atoms. The Morgan fingerprint density at radius 2 is 1.83 bits per heavy atom. The predicted molar refractivity (Wildman–Crippen MR) is 118 cm³/mol. The van der Waals surface area contributed by atoms with Crippen molar-refractivity contribution >= 4 is 17.1 Å². The number of rotatable bonds is 5. The first-order chi connectivity index (χ1) is 14.7. The zero-order chi connectivity index (χ0) is 20.5. The van der Waals surface area contributed by atoms with Crippen LogP contribution in [0.1, 0.15) is 59.9 Å². The van der Waals surface area contributed by atoms with Crippen molar-refractivity contribution in [1.82, 2.24) is 4.90 Å². The Labute approximate surface area is 178 Å². The second kappa shape index (κ2) is 8.37. The maximum atomic E-state index is 12.7. The molecular formula is C26H29NO3. The van der Waals surface area contributed by atoms with Gasteiger partial charge in [0.2, 0.25) is 0 Å². The van der Waals surface area contributed by atoms with Gasteiger partial charge in [0.15, 0.2) is 5.78 Å². The van der Waals surface area contributed by atoms with Crippen LogP contribution in [-0.4, -0.2) is 35.0 Å². The van der Waals surface area contributed by atoms with Crippen LogP contribution in [0.4, 0.5) is 0 Å². The Balaban J connectivity index is 1.42. The number of ketones is 1. The van der Waals surface area contributed by atoms with Crippen LogP contribution in [-0.2, 0) is 29.1 Å². The third-order valence-corrected chi connectivity index (χ3v) is 6.79. The SMILES string of the molecule is O=C1Cc2ccccc2/C1=C1\OCc2cc(CN(CCO)C3CCCCC3)ccc21. The lowest BCUT2D eigenvalue weighted by molar-refractivity contribution is -0.112. The maximum absolute atomic E-state index is 12.7. The quantitative estimate of drug-likeness (QED) is 0.755. The lowest BCUT2D eigenvalue weighted by atomic mass is 9.93. The molecule has 1 aliphatic heterocycles. The molecule has 4 heteroatoms. The topological polar surface area (TPSA) is 49.8 Å². The average Bonchev–Trinajstić information content (AvgIpc) is 3.33. The fourth-order valence-corrected chi connectivity index (χ4v) is 5.30. The molecule has 2 aromatic carbocycles. The zero-order valence-corrected chi connectivity index (χ0v) is 17.4. The molecule has 0 bridgehead atoms. The molecule has 1 fully saturated rings. The van der Waals surface area contributed by atoms with Gasteiger partial charge in [-0.05, 0) is 29.5 Å². The van der Waals surface area contributed by atoms with E-state index in [-0.39, 0.29) is 12.4 Å². The van der Waals surface area contributed by atoms with E-state index in [0.717, 1.165) is 46.7 Å². The van der Waals surface area contributed by atoms with Crippen LogP contribution in [0.25, 0.3) is 11.3 Å². The Morgan fingerprint density at radius 1 is 1.00 bits per heavy atom. The summed E-state index contributed by atoms with van der Waals surface area (Å²) in [6.07, 6.45) is 6.83. The number of ether oxygens (including phenoxy) is 1. The van der Waals surface area contributed by atoms with E-state index in [1.165, 1.54) is 37.7 Å². The van der Waals surface area contributed by atoms with Gasteiger partial charge in [0, 0.05) is 36.7 Å². The molecule has 0 saturated heterocycles. The molecule has 5 rings (SSSR count). The second-order valence-corrected chi connectivity index (χ2v) is 8.73. The van der Waals surface area contributed by atoms with E-state index in [1.807, 2.05) is 24.3 Å². The van der Waals surface area contributed by atoms with E-state index in [4.69, 9.17) is 4.74 Å².